The molecular weight excluding hydrogens is 242 g/mol. The van der Waals surface area contributed by atoms with Crippen LogP contribution in [0.25, 0.3) is 0 Å². The van der Waals surface area contributed by atoms with E-state index in [1.807, 2.05) is 13.0 Å². The molecule has 0 spiro atoms. The van der Waals surface area contributed by atoms with Gasteiger partial charge in [0.05, 0.1) is 6.61 Å². The van der Waals surface area contributed by atoms with E-state index in [1.54, 1.807) is 0 Å². The van der Waals surface area contributed by atoms with Crippen molar-refractivity contribution >= 4 is 11.8 Å². The fourth-order valence-electron chi connectivity index (χ4n) is 2.51. The number of ether oxygens (including phenoxy) is 1. The molecule has 2 atom stereocenters. The van der Waals surface area contributed by atoms with Gasteiger partial charge in [-0.2, -0.15) is 11.8 Å². The van der Waals surface area contributed by atoms with Gasteiger partial charge in [-0.15, -0.1) is 0 Å². The number of hydrogen-bond donors (Lipinski definition) is 1. The van der Waals surface area contributed by atoms with Crippen LogP contribution in [-0.4, -0.2) is 24.2 Å². The van der Waals surface area contributed by atoms with Gasteiger partial charge in [-0.3, -0.25) is 0 Å². The Morgan fingerprint density at radius 1 is 1.44 bits per heavy atom. The third kappa shape index (κ3) is 3.42. The van der Waals surface area contributed by atoms with Crippen LogP contribution in [0, 0.1) is 0 Å². The Kier molecular flexibility index (Phi) is 5.39. The summed E-state index contributed by atoms with van der Waals surface area (Å²) in [5.74, 6) is 2.29. The summed E-state index contributed by atoms with van der Waals surface area (Å²) in [5, 5.41) is 4.34. The molecule has 1 aliphatic heterocycles. The van der Waals surface area contributed by atoms with Gasteiger partial charge in [0.25, 0.3) is 0 Å². The molecule has 100 valence electrons. The molecule has 0 aromatic heterocycles. The molecule has 3 heteroatoms. The predicted molar refractivity (Wildman–Crippen MR) is 79.5 cm³/mol. The highest BCUT2D eigenvalue weighted by Gasteiger charge is 2.26. The van der Waals surface area contributed by atoms with E-state index < -0.39 is 0 Å². The highest BCUT2D eigenvalue weighted by molar-refractivity contribution is 8.00. The van der Waals surface area contributed by atoms with Gasteiger partial charge < -0.3 is 10.1 Å². The summed E-state index contributed by atoms with van der Waals surface area (Å²) in [7, 11) is 0. The zero-order valence-corrected chi connectivity index (χ0v) is 12.1. The van der Waals surface area contributed by atoms with Gasteiger partial charge in [-0.05, 0) is 49.8 Å². The summed E-state index contributed by atoms with van der Waals surface area (Å²) < 4.78 is 5.60. The maximum Gasteiger partial charge on any atom is 0.119 e. The molecule has 0 saturated carbocycles. The van der Waals surface area contributed by atoms with Crippen LogP contribution in [0.5, 0.6) is 5.75 Å². The monoisotopic (exact) mass is 265 g/mol. The molecule has 18 heavy (non-hydrogen) atoms. The summed E-state index contributed by atoms with van der Waals surface area (Å²) in [6, 6.07) is 9.01. The largest absolute Gasteiger partial charge is 0.494 e. The topological polar surface area (TPSA) is 21.3 Å². The van der Waals surface area contributed by atoms with Crippen molar-refractivity contribution in [2.75, 3.05) is 18.9 Å². The van der Waals surface area contributed by atoms with Gasteiger partial charge >= 0.3 is 0 Å². The van der Waals surface area contributed by atoms with Crippen molar-refractivity contribution in [3.05, 3.63) is 29.8 Å². The van der Waals surface area contributed by atoms with Gasteiger partial charge in [0, 0.05) is 11.3 Å². The van der Waals surface area contributed by atoms with E-state index in [0.717, 1.165) is 18.9 Å². The van der Waals surface area contributed by atoms with Gasteiger partial charge in [0.15, 0.2) is 0 Å². The molecular formula is C15H23NOS. The number of benzene rings is 1. The average molecular weight is 265 g/mol. The maximum atomic E-state index is 5.60. The van der Waals surface area contributed by atoms with Gasteiger partial charge in [-0.25, -0.2) is 0 Å². The van der Waals surface area contributed by atoms with Crippen LogP contribution < -0.4 is 10.1 Å². The Morgan fingerprint density at radius 3 is 3.00 bits per heavy atom. The van der Waals surface area contributed by atoms with Gasteiger partial charge in [-0.1, -0.05) is 19.1 Å². The van der Waals surface area contributed by atoms with Gasteiger partial charge in [0.2, 0.25) is 0 Å². The summed E-state index contributed by atoms with van der Waals surface area (Å²) in [6.45, 7) is 5.95. The molecule has 0 radical (unpaired) electrons. The first kappa shape index (κ1) is 13.8. The predicted octanol–water partition coefficient (Wildman–Crippen LogP) is 3.63. The van der Waals surface area contributed by atoms with Crippen molar-refractivity contribution in [2.24, 2.45) is 0 Å². The minimum atomic E-state index is 0.461. The van der Waals surface area contributed by atoms with Crippen molar-refractivity contribution < 1.29 is 4.74 Å². The molecule has 0 aliphatic carbocycles. The van der Waals surface area contributed by atoms with Crippen LogP contribution in [0.1, 0.15) is 38.3 Å². The first-order valence-electron chi connectivity index (χ1n) is 6.93. The second-order valence-electron chi connectivity index (χ2n) is 4.59. The minimum Gasteiger partial charge on any atom is -0.494 e. The van der Waals surface area contributed by atoms with Crippen molar-refractivity contribution in [1.82, 2.24) is 5.32 Å². The van der Waals surface area contributed by atoms with Crippen LogP contribution >= 0.6 is 11.8 Å². The molecule has 1 aliphatic rings. The van der Waals surface area contributed by atoms with Crippen molar-refractivity contribution in [3.63, 3.8) is 0 Å². The molecule has 1 aromatic rings. The molecule has 2 unspecified atom stereocenters. The van der Waals surface area contributed by atoms with Crippen LogP contribution in [-0.2, 0) is 0 Å². The fourth-order valence-corrected chi connectivity index (χ4v) is 3.93. The second kappa shape index (κ2) is 7.05. The molecule has 2 nitrogen and oxygen atoms in total. The molecule has 2 rings (SSSR count). The lowest BCUT2D eigenvalue weighted by atomic mass is 10.0. The van der Waals surface area contributed by atoms with Crippen molar-refractivity contribution in [3.8, 4) is 5.75 Å². The summed E-state index contributed by atoms with van der Waals surface area (Å²) in [6.07, 6.45) is 2.67. The van der Waals surface area contributed by atoms with E-state index in [9.17, 15) is 0 Å². The third-order valence-electron chi connectivity index (χ3n) is 3.29. The molecule has 1 fully saturated rings. The Hall–Kier alpha value is -0.670. The highest BCUT2D eigenvalue weighted by Crippen LogP contribution is 2.36. The maximum absolute atomic E-state index is 5.60. The Bertz CT molecular complexity index is 363. The number of nitrogens with one attached hydrogen (secondary N) is 1. The smallest absolute Gasteiger partial charge is 0.119 e. The fraction of sp³-hybridized carbons (Fsp3) is 0.600. The highest BCUT2D eigenvalue weighted by atomic mass is 32.2. The molecule has 1 heterocycles. The lowest BCUT2D eigenvalue weighted by Crippen LogP contribution is -2.28. The standard InChI is InChI=1S/C15H23NOS/c1-3-16-15(14-9-6-10-18-14)12-7-5-8-13(11-12)17-4-2/h5,7-8,11,14-16H,3-4,6,9-10H2,1-2H3. The van der Waals surface area contributed by atoms with Crippen LogP contribution in [0.2, 0.25) is 0 Å². The van der Waals surface area contributed by atoms with Crippen LogP contribution in [0.4, 0.5) is 0 Å². The quantitative estimate of drug-likeness (QED) is 0.848. The van der Waals surface area contributed by atoms with Gasteiger partial charge in [0.1, 0.15) is 5.75 Å². The van der Waals surface area contributed by atoms with E-state index in [0.29, 0.717) is 11.3 Å². The van der Waals surface area contributed by atoms with Crippen molar-refractivity contribution in [1.29, 1.82) is 0 Å². The second-order valence-corrected chi connectivity index (χ2v) is 5.94. The zero-order chi connectivity index (χ0) is 12.8. The summed E-state index contributed by atoms with van der Waals surface area (Å²) in [5.41, 5.74) is 1.36. The zero-order valence-electron chi connectivity index (χ0n) is 11.3. The summed E-state index contributed by atoms with van der Waals surface area (Å²) in [4.78, 5) is 0. The minimum absolute atomic E-state index is 0.461. The van der Waals surface area contributed by atoms with Crippen molar-refractivity contribution in [2.45, 2.75) is 38.0 Å². The SMILES string of the molecule is CCNC(c1cccc(OCC)c1)C1CCCS1. The van der Waals surface area contributed by atoms with E-state index in [-0.39, 0.29) is 0 Å². The summed E-state index contributed by atoms with van der Waals surface area (Å²) >= 11 is 2.10. The average Bonchev–Trinajstić information content (AvgIpc) is 2.90. The van der Waals surface area contributed by atoms with E-state index in [4.69, 9.17) is 4.74 Å². The van der Waals surface area contributed by atoms with Crippen LogP contribution in [0.3, 0.4) is 0 Å². The van der Waals surface area contributed by atoms with Crippen LogP contribution in [0.15, 0.2) is 24.3 Å². The first-order valence-corrected chi connectivity index (χ1v) is 7.97. The number of hydrogen-bond acceptors (Lipinski definition) is 3. The molecule has 0 bridgehead atoms. The Balaban J connectivity index is 2.15. The molecule has 1 saturated heterocycles. The third-order valence-corrected chi connectivity index (χ3v) is 4.75. The normalized spacial score (nSPS) is 20.9. The lowest BCUT2D eigenvalue weighted by Gasteiger charge is -2.24. The Labute approximate surface area is 114 Å². The first-order chi connectivity index (χ1) is 8.85. The van der Waals surface area contributed by atoms with E-state index in [2.05, 4.69) is 42.2 Å². The Morgan fingerprint density at radius 2 is 2.33 bits per heavy atom. The lowest BCUT2D eigenvalue weighted by molar-refractivity contribution is 0.339. The van der Waals surface area contributed by atoms with E-state index >= 15 is 0 Å². The molecule has 1 aromatic carbocycles. The van der Waals surface area contributed by atoms with E-state index in [1.165, 1.54) is 24.2 Å². The number of rotatable bonds is 6. The molecule has 1 N–H and O–H groups in total. The number of thioether (sulfide) groups is 1. The molecule has 0 amide bonds.